The van der Waals surface area contributed by atoms with Crippen molar-refractivity contribution in [3.8, 4) is 11.5 Å². The number of carbonyl (C=O) groups is 2. The SMILES string of the molecule is CCOc1cc(/C=C2/N=C(c3cccc(C)c3)OC2=O)ccc1OC(=O)/C=C/c1ccccc1. The molecule has 1 aliphatic rings. The van der Waals surface area contributed by atoms with Crippen molar-refractivity contribution in [2.24, 2.45) is 4.99 Å². The average Bonchev–Trinajstić information content (AvgIpc) is 3.20. The molecule has 0 aliphatic carbocycles. The van der Waals surface area contributed by atoms with E-state index in [4.69, 9.17) is 14.2 Å². The molecular formula is C28H23NO5. The zero-order chi connectivity index (χ0) is 23.9. The van der Waals surface area contributed by atoms with Gasteiger partial charge >= 0.3 is 11.9 Å². The molecule has 34 heavy (non-hydrogen) atoms. The maximum atomic E-state index is 12.3. The smallest absolute Gasteiger partial charge is 0.363 e. The second-order valence-corrected chi connectivity index (χ2v) is 7.51. The van der Waals surface area contributed by atoms with Gasteiger partial charge in [-0.25, -0.2) is 14.6 Å². The van der Waals surface area contributed by atoms with Crippen molar-refractivity contribution in [2.45, 2.75) is 13.8 Å². The van der Waals surface area contributed by atoms with Gasteiger partial charge in [-0.2, -0.15) is 0 Å². The Bertz CT molecular complexity index is 1310. The van der Waals surface area contributed by atoms with Crippen LogP contribution in [0.15, 0.2) is 89.6 Å². The first kappa shape index (κ1) is 22.7. The molecule has 0 spiro atoms. The second kappa shape index (κ2) is 10.4. The molecule has 1 aliphatic heterocycles. The van der Waals surface area contributed by atoms with Gasteiger partial charge in [0.1, 0.15) is 0 Å². The molecule has 0 saturated heterocycles. The predicted molar refractivity (Wildman–Crippen MR) is 131 cm³/mol. The molecule has 6 nitrogen and oxygen atoms in total. The Balaban J connectivity index is 1.54. The summed E-state index contributed by atoms with van der Waals surface area (Å²) >= 11 is 0. The topological polar surface area (TPSA) is 74.2 Å². The molecule has 0 bridgehead atoms. The molecule has 4 rings (SSSR count). The number of esters is 2. The van der Waals surface area contributed by atoms with E-state index in [1.54, 1.807) is 30.4 Å². The minimum absolute atomic E-state index is 0.175. The molecule has 6 heteroatoms. The van der Waals surface area contributed by atoms with Gasteiger partial charge in [-0.15, -0.1) is 0 Å². The Kier molecular flexibility index (Phi) is 6.98. The lowest BCUT2D eigenvalue weighted by Gasteiger charge is -2.10. The van der Waals surface area contributed by atoms with E-state index in [-0.39, 0.29) is 17.3 Å². The van der Waals surface area contributed by atoms with Crippen molar-refractivity contribution in [2.75, 3.05) is 6.61 Å². The van der Waals surface area contributed by atoms with E-state index >= 15 is 0 Å². The highest BCUT2D eigenvalue weighted by molar-refractivity contribution is 6.12. The predicted octanol–water partition coefficient (Wildman–Crippen LogP) is 5.36. The van der Waals surface area contributed by atoms with Crippen LogP contribution in [0.25, 0.3) is 12.2 Å². The fraction of sp³-hybridized carbons (Fsp3) is 0.107. The first-order chi connectivity index (χ1) is 16.5. The maximum Gasteiger partial charge on any atom is 0.363 e. The Labute approximate surface area is 197 Å². The van der Waals surface area contributed by atoms with Crippen LogP contribution in [-0.2, 0) is 14.3 Å². The number of hydrogen-bond acceptors (Lipinski definition) is 6. The van der Waals surface area contributed by atoms with Gasteiger partial charge in [-0.05, 0) is 61.4 Å². The number of aliphatic imine (C=N–C) groups is 1. The Morgan fingerprint density at radius 2 is 1.79 bits per heavy atom. The number of aryl methyl sites for hydroxylation is 1. The Morgan fingerprint density at radius 3 is 2.56 bits per heavy atom. The molecule has 0 amide bonds. The summed E-state index contributed by atoms with van der Waals surface area (Å²) in [7, 11) is 0. The molecule has 0 unspecified atom stereocenters. The molecule has 0 aromatic heterocycles. The van der Waals surface area contributed by atoms with E-state index in [0.717, 1.165) is 16.7 Å². The third-order valence-corrected chi connectivity index (χ3v) is 4.88. The highest BCUT2D eigenvalue weighted by atomic mass is 16.6. The van der Waals surface area contributed by atoms with Crippen molar-refractivity contribution in [3.63, 3.8) is 0 Å². The van der Waals surface area contributed by atoms with Crippen molar-refractivity contribution < 1.29 is 23.8 Å². The first-order valence-corrected chi connectivity index (χ1v) is 10.8. The van der Waals surface area contributed by atoms with E-state index in [1.807, 2.05) is 68.4 Å². The van der Waals surface area contributed by atoms with E-state index in [1.165, 1.54) is 6.08 Å². The third-order valence-electron chi connectivity index (χ3n) is 4.88. The van der Waals surface area contributed by atoms with Crippen molar-refractivity contribution in [3.05, 3.63) is 107 Å². The zero-order valence-electron chi connectivity index (χ0n) is 18.9. The van der Waals surface area contributed by atoms with Crippen molar-refractivity contribution >= 4 is 30.0 Å². The van der Waals surface area contributed by atoms with E-state index in [9.17, 15) is 9.59 Å². The standard InChI is InChI=1S/C28H23NO5/c1-3-32-25-18-21(12-14-24(25)33-26(30)15-13-20-9-5-4-6-10-20)17-23-28(31)34-27(29-23)22-11-7-8-19(2)16-22/h4-18H,3H2,1-2H3/b15-13+,23-17+. The molecule has 3 aromatic carbocycles. The number of benzene rings is 3. The van der Waals surface area contributed by atoms with Gasteiger partial charge in [0.15, 0.2) is 17.2 Å². The number of ether oxygens (including phenoxy) is 3. The van der Waals surface area contributed by atoms with Gasteiger partial charge < -0.3 is 14.2 Å². The third kappa shape index (κ3) is 5.66. The van der Waals surface area contributed by atoms with E-state index < -0.39 is 11.9 Å². The van der Waals surface area contributed by atoms with Crippen LogP contribution in [0.5, 0.6) is 11.5 Å². The van der Waals surface area contributed by atoms with Crippen LogP contribution in [0.3, 0.4) is 0 Å². The number of hydrogen-bond donors (Lipinski definition) is 0. The van der Waals surface area contributed by atoms with Crippen LogP contribution >= 0.6 is 0 Å². The molecule has 0 saturated carbocycles. The molecule has 0 atom stereocenters. The van der Waals surface area contributed by atoms with E-state index in [2.05, 4.69) is 4.99 Å². The summed E-state index contributed by atoms with van der Waals surface area (Å²) in [5.74, 6) is -0.128. The van der Waals surface area contributed by atoms with Gasteiger partial charge in [0.2, 0.25) is 5.90 Å². The highest BCUT2D eigenvalue weighted by Crippen LogP contribution is 2.30. The highest BCUT2D eigenvalue weighted by Gasteiger charge is 2.24. The Morgan fingerprint density at radius 1 is 0.971 bits per heavy atom. The van der Waals surface area contributed by atoms with E-state index in [0.29, 0.717) is 17.9 Å². The summed E-state index contributed by atoms with van der Waals surface area (Å²) in [6.45, 7) is 4.17. The Hall–Kier alpha value is -4.45. The van der Waals surface area contributed by atoms with Gasteiger partial charge in [0.05, 0.1) is 6.61 Å². The van der Waals surface area contributed by atoms with Crippen LogP contribution in [-0.4, -0.2) is 24.4 Å². The summed E-state index contributed by atoms with van der Waals surface area (Å²) < 4.78 is 16.5. The summed E-state index contributed by atoms with van der Waals surface area (Å²) in [6, 6.07) is 22.1. The number of nitrogens with zero attached hydrogens (tertiary/aromatic N) is 1. The normalized spacial score (nSPS) is 14.2. The lowest BCUT2D eigenvalue weighted by molar-refractivity contribution is -0.130. The summed E-state index contributed by atoms with van der Waals surface area (Å²) in [5, 5.41) is 0. The molecule has 0 fully saturated rings. The molecule has 170 valence electrons. The lowest BCUT2D eigenvalue weighted by atomic mass is 10.1. The van der Waals surface area contributed by atoms with Gasteiger partial charge in [0.25, 0.3) is 0 Å². The van der Waals surface area contributed by atoms with Gasteiger partial charge in [0, 0.05) is 11.6 Å². The van der Waals surface area contributed by atoms with Crippen LogP contribution in [0, 0.1) is 6.92 Å². The van der Waals surface area contributed by atoms with Crippen LogP contribution in [0.4, 0.5) is 0 Å². The maximum absolute atomic E-state index is 12.3. The van der Waals surface area contributed by atoms with Crippen molar-refractivity contribution in [1.29, 1.82) is 0 Å². The van der Waals surface area contributed by atoms with Gasteiger partial charge in [-0.1, -0.05) is 54.1 Å². The monoisotopic (exact) mass is 453 g/mol. The number of carbonyl (C=O) groups excluding carboxylic acids is 2. The minimum Gasteiger partial charge on any atom is -0.490 e. The molecule has 0 radical (unpaired) electrons. The summed E-state index contributed by atoms with van der Waals surface area (Å²) in [4.78, 5) is 29.0. The minimum atomic E-state index is -0.531. The fourth-order valence-electron chi connectivity index (χ4n) is 3.31. The van der Waals surface area contributed by atoms with Crippen LogP contribution in [0.2, 0.25) is 0 Å². The fourth-order valence-corrected chi connectivity index (χ4v) is 3.31. The van der Waals surface area contributed by atoms with Crippen LogP contribution < -0.4 is 9.47 Å². The second-order valence-electron chi connectivity index (χ2n) is 7.51. The summed E-state index contributed by atoms with van der Waals surface area (Å²) in [6.07, 6.45) is 4.64. The zero-order valence-corrected chi connectivity index (χ0v) is 18.9. The van der Waals surface area contributed by atoms with Crippen LogP contribution in [0.1, 0.15) is 29.2 Å². The largest absolute Gasteiger partial charge is 0.490 e. The van der Waals surface area contributed by atoms with Gasteiger partial charge in [-0.3, -0.25) is 0 Å². The number of cyclic esters (lactones) is 1. The molecular weight excluding hydrogens is 430 g/mol. The quantitative estimate of drug-likeness (QED) is 0.274. The molecule has 1 heterocycles. The summed E-state index contributed by atoms with van der Waals surface area (Å²) in [5.41, 5.74) is 3.50. The lowest BCUT2D eigenvalue weighted by Crippen LogP contribution is -2.06. The average molecular weight is 453 g/mol. The molecule has 0 N–H and O–H groups in total. The first-order valence-electron chi connectivity index (χ1n) is 10.8. The van der Waals surface area contributed by atoms with Crippen molar-refractivity contribution in [1.82, 2.24) is 0 Å². The molecule has 3 aromatic rings. The number of rotatable bonds is 7.